The van der Waals surface area contributed by atoms with E-state index in [0.717, 1.165) is 5.56 Å². The van der Waals surface area contributed by atoms with Crippen LogP contribution in [-0.2, 0) is 15.0 Å². The smallest absolute Gasteiger partial charge is 0.238 e. The summed E-state index contributed by atoms with van der Waals surface area (Å²) < 4.78 is 26.3. The number of nitrogens with one attached hydrogen (secondary N) is 2. The van der Waals surface area contributed by atoms with Gasteiger partial charge in [-0.15, -0.1) is 0 Å². The van der Waals surface area contributed by atoms with Crippen molar-refractivity contribution in [3.63, 3.8) is 0 Å². The number of piperidine rings is 1. The van der Waals surface area contributed by atoms with Crippen molar-refractivity contribution in [3.8, 4) is 17.2 Å². The number of fused-ring (bicyclic) bond motifs is 2. The van der Waals surface area contributed by atoms with E-state index in [4.69, 9.17) is 32.7 Å². The molecule has 0 aliphatic carbocycles. The van der Waals surface area contributed by atoms with Gasteiger partial charge in [-0.3, -0.25) is 9.59 Å². The average molecular weight is 591 g/mol. The number of methoxy groups -OCH3 is 1. The molecule has 3 atom stereocenters. The van der Waals surface area contributed by atoms with Gasteiger partial charge in [-0.2, -0.15) is 0 Å². The number of rotatable bonds is 5. The van der Waals surface area contributed by atoms with Crippen molar-refractivity contribution in [1.29, 1.82) is 0 Å². The number of aryl methyl sites for hydroxylation is 1. The third-order valence-electron chi connectivity index (χ3n) is 7.94. The maximum absolute atomic E-state index is 14.7. The highest BCUT2D eigenvalue weighted by Gasteiger charge is 2.62. The molecule has 0 saturated carbocycles. The summed E-state index contributed by atoms with van der Waals surface area (Å²) in [4.78, 5) is 27.7. The highest BCUT2D eigenvalue weighted by Crippen LogP contribution is 2.59. The number of hydrogen-bond acceptors (Lipinski definition) is 4. The number of amides is 2. The fraction of sp³-hybridized carbons (Fsp3) is 0.188. The molecule has 0 aromatic heterocycles. The van der Waals surface area contributed by atoms with Crippen molar-refractivity contribution in [1.82, 2.24) is 5.32 Å². The lowest BCUT2D eigenvalue weighted by molar-refractivity contribution is -0.131. The summed E-state index contributed by atoms with van der Waals surface area (Å²) >= 11 is 12.8. The molecule has 6 rings (SSSR count). The Morgan fingerprint density at radius 2 is 1.59 bits per heavy atom. The predicted octanol–water partition coefficient (Wildman–Crippen LogP) is 7.48. The second kappa shape index (κ2) is 10.4. The Morgan fingerprint density at radius 3 is 2.34 bits per heavy atom. The van der Waals surface area contributed by atoms with Gasteiger partial charge in [-0.1, -0.05) is 35.3 Å². The highest BCUT2D eigenvalue weighted by atomic mass is 35.5. The third kappa shape index (κ3) is 4.59. The van der Waals surface area contributed by atoms with Crippen LogP contribution in [0.5, 0.6) is 17.2 Å². The summed E-state index contributed by atoms with van der Waals surface area (Å²) in [6, 6.07) is 20.8. The van der Waals surface area contributed by atoms with Gasteiger partial charge in [0.25, 0.3) is 0 Å². The number of anilines is 1. The average Bonchev–Trinajstić information content (AvgIpc) is 3.23. The molecule has 2 amide bonds. The van der Waals surface area contributed by atoms with Crippen LogP contribution in [0.25, 0.3) is 0 Å². The van der Waals surface area contributed by atoms with Crippen molar-refractivity contribution in [3.05, 3.63) is 117 Å². The number of benzene rings is 4. The summed E-state index contributed by atoms with van der Waals surface area (Å²) in [7, 11) is 1.58. The van der Waals surface area contributed by atoms with E-state index in [1.165, 1.54) is 12.1 Å². The Labute approximate surface area is 246 Å². The lowest BCUT2D eigenvalue weighted by atomic mass is 9.59. The molecule has 2 heterocycles. The van der Waals surface area contributed by atoms with E-state index < -0.39 is 23.2 Å². The molecular formula is C32H25Cl2FN2O4. The van der Waals surface area contributed by atoms with E-state index in [0.29, 0.717) is 49.7 Å². The molecule has 1 spiro atoms. The van der Waals surface area contributed by atoms with Gasteiger partial charge in [-0.25, -0.2) is 4.39 Å². The van der Waals surface area contributed by atoms with Gasteiger partial charge in [0, 0.05) is 33.6 Å². The molecule has 208 valence electrons. The zero-order chi connectivity index (χ0) is 28.9. The van der Waals surface area contributed by atoms with Gasteiger partial charge in [-0.05, 0) is 90.3 Å². The molecule has 0 radical (unpaired) electrons. The first-order chi connectivity index (χ1) is 19.7. The van der Waals surface area contributed by atoms with Crippen LogP contribution in [0.3, 0.4) is 0 Å². The van der Waals surface area contributed by atoms with Crippen LogP contribution >= 0.6 is 23.2 Å². The first kappa shape index (κ1) is 27.1. The van der Waals surface area contributed by atoms with E-state index >= 15 is 0 Å². The minimum atomic E-state index is -1.38. The Bertz CT molecular complexity index is 1690. The molecule has 4 aromatic carbocycles. The van der Waals surface area contributed by atoms with Crippen LogP contribution in [0, 0.1) is 12.7 Å². The fourth-order valence-corrected chi connectivity index (χ4v) is 6.45. The second-order valence-electron chi connectivity index (χ2n) is 10.2. The first-order valence-corrected chi connectivity index (χ1v) is 13.7. The molecule has 1 fully saturated rings. The molecule has 2 aliphatic rings. The molecule has 4 aromatic rings. The Kier molecular flexibility index (Phi) is 6.88. The number of carbonyl (C=O) groups is 2. The molecule has 6 nitrogen and oxygen atoms in total. The summed E-state index contributed by atoms with van der Waals surface area (Å²) in [5.41, 5.74) is 1.59. The van der Waals surface area contributed by atoms with Crippen molar-refractivity contribution in [2.24, 2.45) is 0 Å². The van der Waals surface area contributed by atoms with Crippen LogP contribution < -0.4 is 20.1 Å². The number of halogens is 3. The predicted molar refractivity (Wildman–Crippen MR) is 156 cm³/mol. The van der Waals surface area contributed by atoms with Gasteiger partial charge < -0.3 is 20.1 Å². The maximum atomic E-state index is 14.7. The summed E-state index contributed by atoms with van der Waals surface area (Å²) in [5.74, 6) is -0.212. The van der Waals surface area contributed by atoms with Gasteiger partial charge in [0.2, 0.25) is 11.8 Å². The topological polar surface area (TPSA) is 76.7 Å². The molecule has 0 bridgehead atoms. The summed E-state index contributed by atoms with van der Waals surface area (Å²) in [5, 5.41) is 6.88. The number of carbonyl (C=O) groups excluding carboxylic acids is 2. The standard InChI is InChI=1S/C32H25Cl2FN2O4/c1-17-3-6-20(35)15-23(17)30-32(25-11-4-19(34)14-27(25)36-31(32)39)26(16-29(38)37-30)24-13-18(33)5-12-28(24)41-22-9-7-21(40-2)8-10-22/h3-15,26,30H,16H2,1-2H3,(H,36,39)(H,37,38). The molecular weight excluding hydrogens is 566 g/mol. The minimum absolute atomic E-state index is 0.0420. The quantitative estimate of drug-likeness (QED) is 0.252. The summed E-state index contributed by atoms with van der Waals surface area (Å²) in [6.45, 7) is 1.82. The van der Waals surface area contributed by atoms with Crippen molar-refractivity contribution >= 4 is 40.7 Å². The highest BCUT2D eigenvalue weighted by molar-refractivity contribution is 6.31. The SMILES string of the molecule is COc1ccc(Oc2ccc(Cl)cc2C2CC(=O)NC(c3cc(F)ccc3C)C23C(=O)Nc2cc(Cl)ccc23)cc1. The fourth-order valence-electron chi connectivity index (χ4n) is 6.10. The van der Waals surface area contributed by atoms with Crippen LogP contribution in [-0.4, -0.2) is 18.9 Å². The van der Waals surface area contributed by atoms with Gasteiger partial charge in [0.05, 0.1) is 13.2 Å². The molecule has 9 heteroatoms. The first-order valence-electron chi connectivity index (χ1n) is 13.0. The second-order valence-corrected chi connectivity index (χ2v) is 11.1. The lowest BCUT2D eigenvalue weighted by Gasteiger charge is -2.47. The Hall–Kier alpha value is -4.07. The molecule has 2 aliphatic heterocycles. The van der Waals surface area contributed by atoms with E-state index in [2.05, 4.69) is 10.6 Å². The number of ether oxygens (including phenoxy) is 2. The van der Waals surface area contributed by atoms with Gasteiger partial charge in [0.15, 0.2) is 0 Å². The lowest BCUT2D eigenvalue weighted by Crippen LogP contribution is -2.57. The summed E-state index contributed by atoms with van der Waals surface area (Å²) in [6.07, 6.45) is -0.0420. The van der Waals surface area contributed by atoms with Gasteiger partial charge >= 0.3 is 0 Å². The molecule has 1 saturated heterocycles. The van der Waals surface area contributed by atoms with Crippen molar-refractivity contribution in [2.45, 2.75) is 30.7 Å². The normalized spacial score (nSPS) is 21.3. The van der Waals surface area contributed by atoms with Gasteiger partial charge in [0.1, 0.15) is 28.5 Å². The van der Waals surface area contributed by atoms with E-state index in [1.54, 1.807) is 73.8 Å². The number of hydrogen-bond donors (Lipinski definition) is 2. The van der Waals surface area contributed by atoms with Crippen LogP contribution in [0.15, 0.2) is 78.9 Å². The molecule has 3 unspecified atom stereocenters. The van der Waals surface area contributed by atoms with Crippen molar-refractivity contribution in [2.75, 3.05) is 12.4 Å². The molecule has 41 heavy (non-hydrogen) atoms. The monoisotopic (exact) mass is 590 g/mol. The van der Waals surface area contributed by atoms with E-state index in [9.17, 15) is 14.0 Å². The Balaban J connectivity index is 1.59. The zero-order valence-corrected chi connectivity index (χ0v) is 23.6. The largest absolute Gasteiger partial charge is 0.497 e. The van der Waals surface area contributed by atoms with E-state index in [1.807, 2.05) is 6.92 Å². The van der Waals surface area contributed by atoms with Crippen LogP contribution in [0.2, 0.25) is 10.0 Å². The minimum Gasteiger partial charge on any atom is -0.497 e. The van der Waals surface area contributed by atoms with Crippen LogP contribution in [0.4, 0.5) is 10.1 Å². The maximum Gasteiger partial charge on any atom is 0.238 e. The third-order valence-corrected chi connectivity index (χ3v) is 8.41. The van der Waals surface area contributed by atoms with E-state index in [-0.39, 0.29) is 18.2 Å². The van der Waals surface area contributed by atoms with Crippen molar-refractivity contribution < 1.29 is 23.5 Å². The zero-order valence-electron chi connectivity index (χ0n) is 22.1. The Morgan fingerprint density at radius 1 is 0.878 bits per heavy atom. The molecule has 2 N–H and O–H groups in total. The van der Waals surface area contributed by atoms with Crippen LogP contribution in [0.1, 0.15) is 40.6 Å².